The van der Waals surface area contributed by atoms with Gasteiger partial charge in [0.15, 0.2) is 0 Å². The van der Waals surface area contributed by atoms with E-state index in [2.05, 4.69) is 10.3 Å². The van der Waals surface area contributed by atoms with E-state index in [4.69, 9.17) is 0 Å². The van der Waals surface area contributed by atoms with Crippen LogP contribution in [-0.2, 0) is 16.4 Å². The molecule has 0 spiro atoms. The van der Waals surface area contributed by atoms with Gasteiger partial charge in [0.2, 0.25) is 15.0 Å². The molecule has 0 radical (unpaired) electrons. The van der Waals surface area contributed by atoms with E-state index in [1.165, 1.54) is 0 Å². The predicted molar refractivity (Wildman–Crippen MR) is 59.1 cm³/mol. The van der Waals surface area contributed by atoms with E-state index < -0.39 is 9.84 Å². The highest BCUT2D eigenvalue weighted by Crippen LogP contribution is 2.27. The number of piperidine rings is 1. The average Bonchev–Trinajstić information content (AvgIpc) is 2.82. The zero-order valence-electron chi connectivity index (χ0n) is 9.02. The monoisotopic (exact) mass is 241 g/mol. The summed E-state index contributed by atoms with van der Waals surface area (Å²) in [6.07, 6.45) is 4.03. The van der Waals surface area contributed by atoms with Gasteiger partial charge in [-0.3, -0.25) is 0 Å². The highest BCUT2D eigenvalue weighted by Gasteiger charge is 2.30. The average molecular weight is 241 g/mol. The van der Waals surface area contributed by atoms with E-state index >= 15 is 0 Å². The third-order valence-corrected chi connectivity index (χ3v) is 5.00. The van der Waals surface area contributed by atoms with E-state index in [0.717, 1.165) is 31.6 Å². The van der Waals surface area contributed by atoms with E-state index in [1.807, 2.05) is 6.20 Å². The van der Waals surface area contributed by atoms with Gasteiger partial charge in [0.1, 0.15) is 0 Å². The van der Waals surface area contributed by atoms with Crippen LogP contribution in [0.2, 0.25) is 0 Å². The molecular weight excluding hydrogens is 226 g/mol. The molecule has 0 saturated carbocycles. The Labute approximate surface area is 94.8 Å². The van der Waals surface area contributed by atoms with Gasteiger partial charge in [-0.1, -0.05) is 0 Å². The maximum Gasteiger partial charge on any atom is 0.227 e. The van der Waals surface area contributed by atoms with E-state index in [9.17, 15) is 8.42 Å². The minimum absolute atomic E-state index is 0.210. The first kappa shape index (κ1) is 10.3. The third-order valence-electron chi connectivity index (χ3n) is 3.40. The Morgan fingerprint density at radius 2 is 2.12 bits per heavy atom. The fourth-order valence-electron chi connectivity index (χ4n) is 2.45. The topological polar surface area (TPSA) is 64.0 Å². The molecule has 1 fully saturated rings. The molecule has 0 bridgehead atoms. The van der Waals surface area contributed by atoms with Gasteiger partial charge in [-0.2, -0.15) is 0 Å². The number of fused-ring (bicyclic) bond motifs is 1. The minimum Gasteiger partial charge on any atom is -0.321 e. The van der Waals surface area contributed by atoms with Crippen LogP contribution in [-0.4, -0.2) is 36.8 Å². The first-order valence-electron chi connectivity index (χ1n) is 5.67. The molecule has 0 atom stereocenters. The first-order valence-corrected chi connectivity index (χ1v) is 7.32. The molecule has 1 aromatic heterocycles. The fourth-order valence-corrected chi connectivity index (χ4v) is 3.82. The lowest BCUT2D eigenvalue weighted by Gasteiger charge is -2.20. The number of aromatic nitrogens is 2. The number of nitrogens with zero attached hydrogens (tertiary/aromatic N) is 2. The molecule has 1 N–H and O–H groups in total. The van der Waals surface area contributed by atoms with Crippen LogP contribution in [0.4, 0.5) is 0 Å². The van der Waals surface area contributed by atoms with Crippen molar-refractivity contribution in [2.24, 2.45) is 0 Å². The summed E-state index contributed by atoms with van der Waals surface area (Å²) in [4.78, 5) is 4.31. The van der Waals surface area contributed by atoms with Crippen molar-refractivity contribution in [3.8, 4) is 0 Å². The summed E-state index contributed by atoms with van der Waals surface area (Å²) >= 11 is 0. The molecule has 3 heterocycles. The van der Waals surface area contributed by atoms with Crippen molar-refractivity contribution in [1.82, 2.24) is 14.9 Å². The molecular formula is C10H15N3O2S. The molecule has 5 nitrogen and oxygen atoms in total. The first-order chi connectivity index (χ1) is 7.67. The van der Waals surface area contributed by atoms with Crippen molar-refractivity contribution >= 4 is 9.84 Å². The van der Waals surface area contributed by atoms with Crippen molar-refractivity contribution in [1.29, 1.82) is 0 Å². The van der Waals surface area contributed by atoms with Gasteiger partial charge in [0.25, 0.3) is 0 Å². The molecule has 2 aliphatic rings. The van der Waals surface area contributed by atoms with Crippen LogP contribution in [0.3, 0.4) is 0 Å². The molecule has 2 aliphatic heterocycles. The Morgan fingerprint density at radius 3 is 2.81 bits per heavy atom. The van der Waals surface area contributed by atoms with Crippen LogP contribution in [0, 0.1) is 0 Å². The highest BCUT2D eigenvalue weighted by atomic mass is 32.2. The highest BCUT2D eigenvalue weighted by molar-refractivity contribution is 7.91. The summed E-state index contributed by atoms with van der Waals surface area (Å²) in [5, 5.41) is 3.58. The van der Waals surface area contributed by atoms with Gasteiger partial charge >= 0.3 is 0 Å². The third kappa shape index (κ3) is 1.56. The zero-order chi connectivity index (χ0) is 11.2. The number of sulfone groups is 1. The van der Waals surface area contributed by atoms with Crippen molar-refractivity contribution in [2.75, 3.05) is 18.8 Å². The maximum atomic E-state index is 11.7. The SMILES string of the molecule is O=S1(=O)CCn2cc(C3CCNCC3)nc21. The normalized spacial score (nSPS) is 24.5. The molecule has 1 aromatic rings. The van der Waals surface area contributed by atoms with Gasteiger partial charge in [-0.05, 0) is 25.9 Å². The van der Waals surface area contributed by atoms with Crippen LogP contribution in [0.1, 0.15) is 24.5 Å². The second kappa shape index (κ2) is 3.56. The Kier molecular flexibility index (Phi) is 2.29. The van der Waals surface area contributed by atoms with Crippen molar-refractivity contribution < 1.29 is 8.42 Å². The molecule has 1 saturated heterocycles. The Morgan fingerprint density at radius 1 is 1.38 bits per heavy atom. The number of hydrogen-bond donors (Lipinski definition) is 1. The van der Waals surface area contributed by atoms with E-state index in [1.54, 1.807) is 4.57 Å². The summed E-state index contributed by atoms with van der Waals surface area (Å²) in [6, 6.07) is 0. The van der Waals surface area contributed by atoms with Crippen molar-refractivity contribution in [3.05, 3.63) is 11.9 Å². The van der Waals surface area contributed by atoms with E-state index in [-0.39, 0.29) is 10.9 Å². The second-order valence-corrected chi connectivity index (χ2v) is 6.49. The fraction of sp³-hybridized carbons (Fsp3) is 0.700. The summed E-state index contributed by atoms with van der Waals surface area (Å²) < 4.78 is 25.1. The number of rotatable bonds is 1. The summed E-state index contributed by atoms with van der Waals surface area (Å²) in [6.45, 7) is 2.56. The molecule has 0 aromatic carbocycles. The van der Waals surface area contributed by atoms with Crippen LogP contribution in [0.5, 0.6) is 0 Å². The Bertz CT molecular complexity index is 500. The zero-order valence-corrected chi connectivity index (χ0v) is 9.83. The van der Waals surface area contributed by atoms with Crippen LogP contribution in [0.25, 0.3) is 0 Å². The van der Waals surface area contributed by atoms with Crippen LogP contribution < -0.4 is 5.32 Å². The van der Waals surface area contributed by atoms with Crippen LogP contribution >= 0.6 is 0 Å². The summed E-state index contributed by atoms with van der Waals surface area (Å²) in [5.41, 5.74) is 0.958. The van der Waals surface area contributed by atoms with E-state index in [0.29, 0.717) is 12.5 Å². The number of nitrogens with one attached hydrogen (secondary N) is 1. The lowest BCUT2D eigenvalue weighted by molar-refractivity contribution is 0.453. The molecule has 0 unspecified atom stereocenters. The number of hydrogen-bond acceptors (Lipinski definition) is 4. The van der Waals surface area contributed by atoms with Gasteiger partial charge in [-0.15, -0.1) is 0 Å². The second-order valence-electron chi connectivity index (χ2n) is 4.48. The van der Waals surface area contributed by atoms with Gasteiger partial charge in [0.05, 0.1) is 11.4 Å². The van der Waals surface area contributed by atoms with Gasteiger partial charge in [-0.25, -0.2) is 13.4 Å². The predicted octanol–water partition coefficient (Wildman–Crippen LogP) is 0.137. The minimum atomic E-state index is -3.09. The quantitative estimate of drug-likeness (QED) is 0.759. The lowest BCUT2D eigenvalue weighted by Crippen LogP contribution is -2.26. The van der Waals surface area contributed by atoms with Gasteiger partial charge < -0.3 is 9.88 Å². The maximum absolute atomic E-state index is 11.7. The van der Waals surface area contributed by atoms with Crippen LogP contribution in [0.15, 0.2) is 11.4 Å². The summed E-state index contributed by atoms with van der Waals surface area (Å²) in [5.74, 6) is 0.636. The molecule has 0 amide bonds. The Hall–Kier alpha value is -0.880. The van der Waals surface area contributed by atoms with Gasteiger partial charge in [0, 0.05) is 18.7 Å². The smallest absolute Gasteiger partial charge is 0.227 e. The largest absolute Gasteiger partial charge is 0.321 e. The number of imidazole rings is 1. The Balaban J connectivity index is 1.94. The summed E-state index contributed by atoms with van der Waals surface area (Å²) in [7, 11) is -3.09. The van der Waals surface area contributed by atoms with Crippen molar-refractivity contribution in [2.45, 2.75) is 30.5 Å². The molecule has 6 heteroatoms. The molecule has 16 heavy (non-hydrogen) atoms. The lowest BCUT2D eigenvalue weighted by atomic mass is 9.95. The molecule has 0 aliphatic carbocycles. The van der Waals surface area contributed by atoms with Crippen molar-refractivity contribution in [3.63, 3.8) is 0 Å². The molecule has 88 valence electrons. The number of aryl methyl sites for hydroxylation is 1. The molecule has 3 rings (SSSR count). The standard InChI is InChI=1S/C10H15N3O2S/c14-16(15)6-5-13-7-9(12-10(13)16)8-1-3-11-4-2-8/h7-8,11H,1-6H2.